The molecular weight excluding hydrogens is 338 g/mol. The van der Waals surface area contributed by atoms with Crippen LogP contribution in [0.15, 0.2) is 51.5 Å². The second-order valence-corrected chi connectivity index (χ2v) is 5.62. The van der Waals surface area contributed by atoms with Crippen molar-refractivity contribution in [2.75, 3.05) is 5.43 Å². The third kappa shape index (κ3) is 2.94. The van der Waals surface area contributed by atoms with Gasteiger partial charge >= 0.3 is 0 Å². The van der Waals surface area contributed by atoms with Crippen molar-refractivity contribution < 1.29 is 0 Å². The highest BCUT2D eigenvalue weighted by Gasteiger charge is 2.03. The number of thiazole rings is 1. The third-order valence-electron chi connectivity index (χ3n) is 2.55. The molecule has 0 radical (unpaired) electrons. The average Bonchev–Trinajstić information content (AvgIpc) is 3.10. The van der Waals surface area contributed by atoms with Crippen LogP contribution in [0.2, 0.25) is 0 Å². The zero-order chi connectivity index (χ0) is 13.8. The van der Waals surface area contributed by atoms with Gasteiger partial charge in [0.15, 0.2) is 0 Å². The molecule has 0 saturated heterocycles. The largest absolute Gasteiger partial charge is 0.276 e. The van der Waals surface area contributed by atoms with Crippen molar-refractivity contribution in [1.29, 1.82) is 0 Å². The zero-order valence-corrected chi connectivity index (χ0v) is 12.6. The summed E-state index contributed by atoms with van der Waals surface area (Å²) >= 11 is 4.87. The number of aromatic nitrogens is 3. The molecule has 20 heavy (non-hydrogen) atoms. The van der Waals surface area contributed by atoms with E-state index in [-0.39, 0.29) is 0 Å². The number of benzene rings is 1. The first-order chi connectivity index (χ1) is 9.83. The second kappa shape index (κ2) is 5.98. The Morgan fingerprint density at radius 2 is 2.15 bits per heavy atom. The van der Waals surface area contributed by atoms with Crippen LogP contribution in [-0.4, -0.2) is 21.4 Å². The Bertz CT molecular complexity index is 719. The summed E-state index contributed by atoms with van der Waals surface area (Å²) in [6.07, 6.45) is 3.33. The number of anilines is 1. The van der Waals surface area contributed by atoms with E-state index in [1.165, 1.54) is 11.3 Å². The molecule has 7 heteroatoms. The van der Waals surface area contributed by atoms with E-state index in [4.69, 9.17) is 0 Å². The Morgan fingerprint density at radius 1 is 1.30 bits per heavy atom. The Hall–Kier alpha value is -1.99. The molecule has 1 aromatic carbocycles. The van der Waals surface area contributed by atoms with Crippen LogP contribution in [0.3, 0.4) is 0 Å². The lowest BCUT2D eigenvalue weighted by Crippen LogP contribution is -1.91. The van der Waals surface area contributed by atoms with Gasteiger partial charge in [-0.15, -0.1) is 11.3 Å². The van der Waals surface area contributed by atoms with Crippen molar-refractivity contribution in [3.63, 3.8) is 0 Å². The van der Waals surface area contributed by atoms with E-state index >= 15 is 0 Å². The molecule has 0 bridgehead atoms. The van der Waals surface area contributed by atoms with E-state index < -0.39 is 0 Å². The topological polar surface area (TPSA) is 66.0 Å². The molecule has 100 valence electrons. The van der Waals surface area contributed by atoms with Gasteiger partial charge in [0.05, 0.1) is 28.3 Å². The lowest BCUT2D eigenvalue weighted by molar-refractivity contribution is 1.08. The fourth-order valence-electron chi connectivity index (χ4n) is 1.59. The van der Waals surface area contributed by atoms with Crippen LogP contribution in [0.1, 0.15) is 5.69 Å². The summed E-state index contributed by atoms with van der Waals surface area (Å²) in [4.78, 5) is 4.48. The second-order valence-electron chi connectivity index (χ2n) is 3.91. The summed E-state index contributed by atoms with van der Waals surface area (Å²) in [5.41, 5.74) is 5.75. The molecule has 0 aliphatic heterocycles. The molecule has 3 rings (SSSR count). The monoisotopic (exact) mass is 347 g/mol. The number of hydrogen-bond donors (Lipinski definition) is 2. The van der Waals surface area contributed by atoms with Crippen LogP contribution in [0, 0.1) is 0 Å². The normalized spacial score (nSPS) is 11.1. The first kappa shape index (κ1) is 13.0. The first-order valence-corrected chi connectivity index (χ1v) is 7.49. The number of hydrogen-bond acceptors (Lipinski definition) is 5. The van der Waals surface area contributed by atoms with E-state index in [0.29, 0.717) is 0 Å². The molecule has 0 spiro atoms. The highest BCUT2D eigenvalue weighted by Crippen LogP contribution is 2.24. The fraction of sp³-hybridized carbons (Fsp3) is 0. The quantitative estimate of drug-likeness (QED) is 0.558. The van der Waals surface area contributed by atoms with Gasteiger partial charge in [0, 0.05) is 10.9 Å². The Morgan fingerprint density at radius 3 is 2.90 bits per heavy atom. The summed E-state index contributed by atoms with van der Waals surface area (Å²) < 4.78 is 0.868. The number of nitrogens with zero attached hydrogens (tertiary/aromatic N) is 3. The van der Waals surface area contributed by atoms with Gasteiger partial charge in [-0.2, -0.15) is 10.2 Å². The Labute approximate surface area is 127 Å². The summed E-state index contributed by atoms with van der Waals surface area (Å²) in [5.74, 6) is 0. The van der Waals surface area contributed by atoms with Crippen molar-refractivity contribution >= 4 is 38.6 Å². The van der Waals surface area contributed by atoms with Gasteiger partial charge < -0.3 is 0 Å². The van der Waals surface area contributed by atoms with Gasteiger partial charge in [-0.3, -0.25) is 10.5 Å². The van der Waals surface area contributed by atoms with Crippen LogP contribution in [0.4, 0.5) is 5.13 Å². The van der Waals surface area contributed by atoms with E-state index in [1.807, 2.05) is 35.7 Å². The van der Waals surface area contributed by atoms with Crippen molar-refractivity contribution in [3.05, 3.63) is 52.1 Å². The molecule has 2 heterocycles. The molecule has 0 aliphatic rings. The molecule has 0 fully saturated rings. The maximum absolute atomic E-state index is 4.48. The average molecular weight is 348 g/mol. The highest BCUT2D eigenvalue weighted by atomic mass is 79.9. The maximum atomic E-state index is 4.48. The number of hydrazone groups is 1. The van der Waals surface area contributed by atoms with Crippen molar-refractivity contribution in [2.45, 2.75) is 0 Å². The third-order valence-corrected chi connectivity index (χ3v) is 3.93. The minimum Gasteiger partial charge on any atom is -0.276 e. The summed E-state index contributed by atoms with van der Waals surface area (Å²) in [6.45, 7) is 0. The molecule has 3 aromatic rings. The van der Waals surface area contributed by atoms with Crippen LogP contribution in [0.25, 0.3) is 11.3 Å². The highest BCUT2D eigenvalue weighted by molar-refractivity contribution is 9.10. The molecular formula is C13H10BrN5S. The van der Waals surface area contributed by atoms with Gasteiger partial charge in [-0.25, -0.2) is 4.98 Å². The fourth-order valence-corrected chi connectivity index (χ4v) is 2.55. The Balaban J connectivity index is 1.69. The summed E-state index contributed by atoms with van der Waals surface area (Å²) in [5, 5.41) is 13.6. The predicted octanol–water partition coefficient (Wildman–Crippen LogP) is 3.74. The number of aromatic amines is 1. The molecule has 2 aromatic heterocycles. The van der Waals surface area contributed by atoms with Crippen molar-refractivity contribution in [2.24, 2.45) is 5.10 Å². The number of nitrogens with one attached hydrogen (secondary N) is 2. The molecule has 0 unspecified atom stereocenters. The summed E-state index contributed by atoms with van der Waals surface area (Å²) in [6, 6.07) is 10.0. The van der Waals surface area contributed by atoms with Gasteiger partial charge in [0.1, 0.15) is 0 Å². The van der Waals surface area contributed by atoms with E-state index in [0.717, 1.165) is 26.6 Å². The van der Waals surface area contributed by atoms with E-state index in [9.17, 15) is 0 Å². The number of H-pyrrole nitrogens is 1. The molecule has 5 nitrogen and oxygen atoms in total. The van der Waals surface area contributed by atoms with E-state index in [1.54, 1.807) is 12.4 Å². The standard InChI is InChI=1S/C13H10BrN5S/c14-10-6-15-18-11(10)7-16-19-13-17-12(8-20-13)9-4-2-1-3-5-9/h1-8H,(H,15,18)(H,17,19)/b16-7-. The lowest BCUT2D eigenvalue weighted by atomic mass is 10.2. The van der Waals surface area contributed by atoms with Crippen LogP contribution in [0.5, 0.6) is 0 Å². The molecule has 0 aliphatic carbocycles. The van der Waals surface area contributed by atoms with Crippen LogP contribution >= 0.6 is 27.3 Å². The van der Waals surface area contributed by atoms with Crippen LogP contribution in [-0.2, 0) is 0 Å². The first-order valence-electron chi connectivity index (χ1n) is 5.82. The smallest absolute Gasteiger partial charge is 0.203 e. The van der Waals surface area contributed by atoms with E-state index in [2.05, 4.69) is 41.6 Å². The van der Waals surface area contributed by atoms with Gasteiger partial charge in [0.2, 0.25) is 5.13 Å². The summed E-state index contributed by atoms with van der Waals surface area (Å²) in [7, 11) is 0. The molecule has 0 saturated carbocycles. The van der Waals surface area contributed by atoms with Crippen molar-refractivity contribution in [3.8, 4) is 11.3 Å². The Kier molecular flexibility index (Phi) is 3.89. The minimum atomic E-state index is 0.746. The minimum absolute atomic E-state index is 0.746. The lowest BCUT2D eigenvalue weighted by Gasteiger charge is -1.95. The van der Waals surface area contributed by atoms with Gasteiger partial charge in [-0.05, 0) is 15.9 Å². The van der Waals surface area contributed by atoms with Crippen LogP contribution < -0.4 is 5.43 Å². The van der Waals surface area contributed by atoms with Gasteiger partial charge in [-0.1, -0.05) is 30.3 Å². The molecule has 0 atom stereocenters. The maximum Gasteiger partial charge on any atom is 0.203 e. The predicted molar refractivity (Wildman–Crippen MR) is 85.1 cm³/mol. The molecule has 0 amide bonds. The number of rotatable bonds is 4. The van der Waals surface area contributed by atoms with Gasteiger partial charge in [0.25, 0.3) is 0 Å². The zero-order valence-electron chi connectivity index (χ0n) is 10.2. The SMILES string of the molecule is Brc1cn[nH]c1/C=N\Nc1nc(-c2ccccc2)cs1. The van der Waals surface area contributed by atoms with Crippen molar-refractivity contribution in [1.82, 2.24) is 15.2 Å². The number of halogens is 1. The molecule has 2 N–H and O–H groups in total.